The summed E-state index contributed by atoms with van der Waals surface area (Å²) in [5.74, 6) is 0. The van der Waals surface area contributed by atoms with Crippen molar-refractivity contribution in [3.63, 3.8) is 0 Å². The Bertz CT molecular complexity index is 100. The molecule has 4 heteroatoms. The fraction of sp³-hybridized carbons (Fsp3) is 0.750. The predicted octanol–water partition coefficient (Wildman–Crippen LogP) is -1.97. The lowest BCUT2D eigenvalue weighted by molar-refractivity contribution is -0.722. The minimum atomic E-state index is -0.664. The summed E-state index contributed by atoms with van der Waals surface area (Å²) in [7, 11) is 0. The number of carbonyl (C=O) groups is 1. The van der Waals surface area contributed by atoms with Crippen molar-refractivity contribution in [3.8, 4) is 0 Å². The Morgan fingerprint density at radius 1 is 1.75 bits per heavy atom. The maximum absolute atomic E-state index is 9.99. The minimum absolute atomic E-state index is 0.0764. The third-order valence-electron chi connectivity index (χ3n) is 1.14. The number of amides is 1. The van der Waals surface area contributed by atoms with Gasteiger partial charge in [0.15, 0.2) is 0 Å². The van der Waals surface area contributed by atoms with E-state index in [0.29, 0.717) is 0 Å². The molecule has 0 aromatic heterocycles. The Labute approximate surface area is 47.0 Å². The summed E-state index contributed by atoms with van der Waals surface area (Å²) < 4.78 is 4.59. The Morgan fingerprint density at radius 3 is 2.50 bits per heavy atom. The normalized spacial score (nSPS) is 19.5. The Hall–Kier alpha value is -0.770. The average molecular weight is 117 g/mol. The molecule has 4 N–H and O–H groups in total. The lowest BCUT2D eigenvalue weighted by Crippen LogP contribution is -2.98. The molecule has 0 aromatic rings. The van der Waals surface area contributed by atoms with Gasteiger partial charge in [-0.15, -0.1) is 0 Å². The zero-order valence-electron chi connectivity index (χ0n) is 4.46. The highest BCUT2D eigenvalue weighted by atomic mass is 16.6. The highest BCUT2D eigenvalue weighted by Crippen LogP contribution is 1.88. The maximum atomic E-state index is 9.99. The van der Waals surface area contributed by atoms with Gasteiger partial charge in [0.1, 0.15) is 13.1 Å². The molecule has 1 rings (SSSR count). The van der Waals surface area contributed by atoms with Crippen LogP contribution in [0.15, 0.2) is 0 Å². The first kappa shape index (κ1) is 5.37. The van der Waals surface area contributed by atoms with E-state index in [2.05, 4.69) is 4.74 Å². The molecule has 0 saturated carbocycles. The average Bonchev–Trinajstić information content (AvgIpc) is 1.55. The summed E-state index contributed by atoms with van der Waals surface area (Å²) in [6.07, 6.45) is -0.587. The van der Waals surface area contributed by atoms with Gasteiger partial charge in [-0.2, -0.15) is 0 Å². The SMILES string of the molecule is NC(=O)OC1C[NH2+]C1. The van der Waals surface area contributed by atoms with Crippen LogP contribution in [0, 0.1) is 0 Å². The molecule has 0 aromatic carbocycles. The molecule has 0 aliphatic carbocycles. The second kappa shape index (κ2) is 2.00. The van der Waals surface area contributed by atoms with Crippen molar-refractivity contribution >= 4 is 6.09 Å². The third-order valence-corrected chi connectivity index (χ3v) is 1.14. The number of rotatable bonds is 1. The van der Waals surface area contributed by atoms with Gasteiger partial charge in [0.05, 0.1) is 0 Å². The van der Waals surface area contributed by atoms with Gasteiger partial charge in [-0.1, -0.05) is 0 Å². The fourth-order valence-electron chi connectivity index (χ4n) is 0.563. The number of quaternary nitrogens is 1. The Kier molecular flexibility index (Phi) is 1.34. The lowest BCUT2D eigenvalue weighted by Gasteiger charge is -2.21. The zero-order chi connectivity index (χ0) is 5.98. The number of ether oxygens (including phenoxy) is 1. The van der Waals surface area contributed by atoms with Gasteiger partial charge in [-0.05, 0) is 0 Å². The van der Waals surface area contributed by atoms with Crippen LogP contribution in [0.2, 0.25) is 0 Å². The molecule has 0 unspecified atom stereocenters. The highest BCUT2D eigenvalue weighted by Gasteiger charge is 2.24. The second-order valence-electron chi connectivity index (χ2n) is 1.82. The minimum Gasteiger partial charge on any atom is -0.434 e. The van der Waals surface area contributed by atoms with Gasteiger partial charge < -0.3 is 15.8 Å². The van der Waals surface area contributed by atoms with E-state index < -0.39 is 6.09 Å². The van der Waals surface area contributed by atoms with Gasteiger partial charge in [0.25, 0.3) is 0 Å². The number of nitrogens with two attached hydrogens (primary N) is 2. The van der Waals surface area contributed by atoms with Crippen molar-refractivity contribution in [1.29, 1.82) is 0 Å². The van der Waals surface area contributed by atoms with Crippen molar-refractivity contribution in [1.82, 2.24) is 0 Å². The molecule has 1 amide bonds. The summed E-state index contributed by atoms with van der Waals surface area (Å²) in [4.78, 5) is 9.99. The van der Waals surface area contributed by atoms with Crippen LogP contribution >= 0.6 is 0 Å². The van der Waals surface area contributed by atoms with Crippen LogP contribution in [0.4, 0.5) is 4.79 Å². The first-order valence-electron chi connectivity index (χ1n) is 2.57. The molecule has 1 heterocycles. The summed E-state index contributed by atoms with van der Waals surface area (Å²) in [6, 6.07) is 0. The standard InChI is InChI=1S/C4H8N2O2/c5-4(7)8-3-1-6-2-3/h3,6H,1-2H2,(H2,5,7)/p+1. The maximum Gasteiger partial charge on any atom is 0.405 e. The van der Waals surface area contributed by atoms with E-state index in [1.807, 2.05) is 5.32 Å². The van der Waals surface area contributed by atoms with E-state index in [0.717, 1.165) is 13.1 Å². The van der Waals surface area contributed by atoms with E-state index in [4.69, 9.17) is 5.73 Å². The zero-order valence-corrected chi connectivity index (χ0v) is 4.46. The van der Waals surface area contributed by atoms with E-state index in [1.165, 1.54) is 0 Å². The third kappa shape index (κ3) is 1.10. The van der Waals surface area contributed by atoms with E-state index in [-0.39, 0.29) is 6.10 Å². The Balaban J connectivity index is 2.09. The molecule has 1 saturated heterocycles. The van der Waals surface area contributed by atoms with Gasteiger partial charge >= 0.3 is 6.09 Å². The van der Waals surface area contributed by atoms with Crippen LogP contribution in [0.1, 0.15) is 0 Å². The van der Waals surface area contributed by atoms with Crippen molar-refractivity contribution in [2.75, 3.05) is 13.1 Å². The summed E-state index contributed by atoms with van der Waals surface area (Å²) in [5, 5.41) is 2.05. The van der Waals surface area contributed by atoms with Crippen molar-refractivity contribution < 1.29 is 14.8 Å². The molecule has 1 aliphatic heterocycles. The fourth-order valence-corrected chi connectivity index (χ4v) is 0.563. The molecule has 0 radical (unpaired) electrons. The van der Waals surface area contributed by atoms with Crippen LogP contribution in [0.25, 0.3) is 0 Å². The molecule has 0 spiro atoms. The lowest BCUT2D eigenvalue weighted by atomic mass is 10.2. The highest BCUT2D eigenvalue weighted by molar-refractivity contribution is 5.64. The first-order valence-corrected chi connectivity index (χ1v) is 2.57. The summed E-state index contributed by atoms with van der Waals surface area (Å²) in [5.41, 5.74) is 4.73. The number of hydrogen-bond donors (Lipinski definition) is 2. The van der Waals surface area contributed by atoms with Crippen molar-refractivity contribution in [2.24, 2.45) is 5.73 Å². The molecule has 46 valence electrons. The quantitative estimate of drug-likeness (QED) is 0.418. The van der Waals surface area contributed by atoms with E-state index >= 15 is 0 Å². The van der Waals surface area contributed by atoms with Crippen molar-refractivity contribution in [2.45, 2.75) is 6.10 Å². The molecule has 1 aliphatic rings. The van der Waals surface area contributed by atoms with Crippen LogP contribution in [-0.4, -0.2) is 25.3 Å². The first-order chi connectivity index (χ1) is 3.79. The van der Waals surface area contributed by atoms with Gasteiger partial charge in [-0.3, -0.25) is 0 Å². The largest absolute Gasteiger partial charge is 0.434 e. The van der Waals surface area contributed by atoms with Gasteiger partial charge in [-0.25, -0.2) is 4.79 Å². The molecule has 0 bridgehead atoms. The molecule has 1 fully saturated rings. The molecule has 8 heavy (non-hydrogen) atoms. The predicted molar refractivity (Wildman–Crippen MR) is 26.1 cm³/mol. The Morgan fingerprint density at radius 2 is 2.38 bits per heavy atom. The smallest absolute Gasteiger partial charge is 0.405 e. The van der Waals surface area contributed by atoms with Crippen LogP contribution < -0.4 is 11.1 Å². The van der Waals surface area contributed by atoms with Crippen LogP contribution in [0.3, 0.4) is 0 Å². The summed E-state index contributed by atoms with van der Waals surface area (Å²) in [6.45, 7) is 1.73. The molecule has 0 atom stereocenters. The second-order valence-corrected chi connectivity index (χ2v) is 1.82. The molecule has 4 nitrogen and oxygen atoms in total. The van der Waals surface area contributed by atoms with Crippen molar-refractivity contribution in [3.05, 3.63) is 0 Å². The molecular weight excluding hydrogens is 108 g/mol. The number of hydrogen-bond acceptors (Lipinski definition) is 2. The monoisotopic (exact) mass is 117 g/mol. The van der Waals surface area contributed by atoms with Crippen LogP contribution in [-0.2, 0) is 4.74 Å². The van der Waals surface area contributed by atoms with E-state index in [1.54, 1.807) is 0 Å². The number of primary amides is 1. The topological polar surface area (TPSA) is 68.9 Å². The molecular formula is C4H9N2O2+. The summed E-state index contributed by atoms with van der Waals surface area (Å²) >= 11 is 0. The van der Waals surface area contributed by atoms with Gasteiger partial charge in [0, 0.05) is 0 Å². The van der Waals surface area contributed by atoms with Crippen LogP contribution in [0.5, 0.6) is 0 Å². The van der Waals surface area contributed by atoms with E-state index in [9.17, 15) is 4.79 Å². The number of carbonyl (C=O) groups excluding carboxylic acids is 1. The van der Waals surface area contributed by atoms with Gasteiger partial charge in [0.2, 0.25) is 6.10 Å².